The van der Waals surface area contributed by atoms with Gasteiger partial charge in [0.05, 0.1) is 17.8 Å². The molecule has 82 valence electrons. The lowest BCUT2D eigenvalue weighted by atomic mass is 10.2. The van der Waals surface area contributed by atoms with Gasteiger partial charge >= 0.3 is 0 Å². The van der Waals surface area contributed by atoms with E-state index in [2.05, 4.69) is 9.97 Å². The Hall–Kier alpha value is -1.61. The van der Waals surface area contributed by atoms with Gasteiger partial charge in [0.15, 0.2) is 0 Å². The fourth-order valence-electron chi connectivity index (χ4n) is 1.25. The van der Waals surface area contributed by atoms with Gasteiger partial charge in [0.2, 0.25) is 5.88 Å². The van der Waals surface area contributed by atoms with E-state index in [4.69, 9.17) is 16.3 Å². The van der Waals surface area contributed by atoms with Gasteiger partial charge in [0.25, 0.3) is 0 Å². The monoisotopic (exact) mass is 234 g/mol. The summed E-state index contributed by atoms with van der Waals surface area (Å²) in [5.74, 6) is 0.845. The highest BCUT2D eigenvalue weighted by atomic mass is 35.5. The van der Waals surface area contributed by atoms with Crippen molar-refractivity contribution in [2.45, 2.75) is 12.5 Å². The maximum absolute atomic E-state index is 5.66. The summed E-state index contributed by atoms with van der Waals surface area (Å²) < 4.78 is 5.50. The summed E-state index contributed by atoms with van der Waals surface area (Å²) in [6.45, 7) is 0.487. The van der Waals surface area contributed by atoms with Gasteiger partial charge in [-0.25, -0.2) is 4.98 Å². The third-order valence-corrected chi connectivity index (χ3v) is 2.30. The third-order valence-electron chi connectivity index (χ3n) is 2.03. The predicted octanol–water partition coefficient (Wildman–Crippen LogP) is 2.79. The van der Waals surface area contributed by atoms with E-state index in [1.54, 1.807) is 12.4 Å². The normalized spacial score (nSPS) is 10.1. The molecule has 0 aliphatic carbocycles. The smallest absolute Gasteiger partial charge is 0.232 e. The van der Waals surface area contributed by atoms with Crippen LogP contribution in [0.5, 0.6) is 5.88 Å². The molecule has 0 aliphatic rings. The Morgan fingerprint density at radius 3 is 2.69 bits per heavy atom. The summed E-state index contributed by atoms with van der Waals surface area (Å²) in [5, 5.41) is 0. The maximum Gasteiger partial charge on any atom is 0.232 e. The zero-order valence-corrected chi connectivity index (χ0v) is 9.39. The van der Waals surface area contributed by atoms with Crippen LogP contribution in [0.25, 0.3) is 0 Å². The molecule has 0 spiro atoms. The summed E-state index contributed by atoms with van der Waals surface area (Å²) in [6.07, 6.45) is 3.21. The number of hydrogen-bond donors (Lipinski definition) is 0. The van der Waals surface area contributed by atoms with E-state index in [9.17, 15) is 0 Å². The fraction of sp³-hybridized carbons (Fsp3) is 0.167. The van der Waals surface area contributed by atoms with Crippen molar-refractivity contribution in [3.63, 3.8) is 0 Å². The topological polar surface area (TPSA) is 35.0 Å². The van der Waals surface area contributed by atoms with Crippen LogP contribution in [-0.2, 0) is 12.5 Å². The van der Waals surface area contributed by atoms with E-state index in [-0.39, 0.29) is 0 Å². The van der Waals surface area contributed by atoms with Crippen LogP contribution >= 0.6 is 11.6 Å². The van der Waals surface area contributed by atoms with Crippen molar-refractivity contribution in [2.75, 3.05) is 0 Å². The molecular formula is C12H11ClN2O. The standard InChI is InChI=1S/C12H11ClN2O/c13-6-11-7-14-8-12(15-11)16-9-10-4-2-1-3-5-10/h1-5,7-8H,6,9H2. The van der Waals surface area contributed by atoms with Gasteiger partial charge in [0, 0.05) is 6.20 Å². The minimum Gasteiger partial charge on any atom is -0.472 e. The fourth-order valence-corrected chi connectivity index (χ4v) is 1.38. The number of hydrogen-bond acceptors (Lipinski definition) is 3. The van der Waals surface area contributed by atoms with Gasteiger partial charge in [-0.05, 0) is 5.56 Å². The second-order valence-corrected chi connectivity index (χ2v) is 3.52. The lowest BCUT2D eigenvalue weighted by Crippen LogP contribution is -1.99. The Labute approximate surface area is 99.1 Å². The van der Waals surface area contributed by atoms with Crippen molar-refractivity contribution < 1.29 is 4.74 Å². The number of nitrogens with zero attached hydrogens (tertiary/aromatic N) is 2. The molecule has 2 rings (SSSR count). The van der Waals surface area contributed by atoms with Crippen molar-refractivity contribution in [1.29, 1.82) is 0 Å². The summed E-state index contributed by atoms with van der Waals surface area (Å²) in [7, 11) is 0. The van der Waals surface area contributed by atoms with Gasteiger partial charge in [-0.1, -0.05) is 30.3 Å². The van der Waals surface area contributed by atoms with Gasteiger partial charge < -0.3 is 4.74 Å². The number of aromatic nitrogens is 2. The second-order valence-electron chi connectivity index (χ2n) is 3.26. The molecule has 0 atom stereocenters. The third kappa shape index (κ3) is 2.94. The molecule has 3 nitrogen and oxygen atoms in total. The summed E-state index contributed by atoms with van der Waals surface area (Å²) in [6, 6.07) is 9.91. The molecule has 16 heavy (non-hydrogen) atoms. The SMILES string of the molecule is ClCc1cncc(OCc2ccccc2)n1. The predicted molar refractivity (Wildman–Crippen MR) is 62.4 cm³/mol. The molecule has 0 aliphatic heterocycles. The van der Waals surface area contributed by atoms with Crippen LogP contribution in [0, 0.1) is 0 Å². The first-order chi connectivity index (χ1) is 7.88. The molecule has 0 saturated heterocycles. The Bertz CT molecular complexity index is 448. The van der Waals surface area contributed by atoms with Crippen LogP contribution < -0.4 is 4.74 Å². The van der Waals surface area contributed by atoms with E-state index in [0.29, 0.717) is 24.1 Å². The molecule has 0 bridgehead atoms. The quantitative estimate of drug-likeness (QED) is 0.763. The first kappa shape index (κ1) is 10.9. The van der Waals surface area contributed by atoms with Crippen LogP contribution in [0.3, 0.4) is 0 Å². The lowest BCUT2D eigenvalue weighted by molar-refractivity contribution is 0.292. The zero-order valence-electron chi connectivity index (χ0n) is 8.64. The first-order valence-corrected chi connectivity index (χ1v) is 5.45. The molecule has 4 heteroatoms. The Morgan fingerprint density at radius 2 is 1.94 bits per heavy atom. The average Bonchev–Trinajstić information content (AvgIpc) is 2.38. The molecule has 1 heterocycles. The van der Waals surface area contributed by atoms with Crippen molar-refractivity contribution in [3.8, 4) is 5.88 Å². The van der Waals surface area contributed by atoms with Crippen LogP contribution in [0.2, 0.25) is 0 Å². The van der Waals surface area contributed by atoms with Gasteiger partial charge in [0.1, 0.15) is 6.61 Å². The summed E-state index contributed by atoms with van der Waals surface area (Å²) >= 11 is 5.66. The van der Waals surface area contributed by atoms with Gasteiger partial charge in [-0.3, -0.25) is 4.98 Å². The highest BCUT2D eigenvalue weighted by Gasteiger charge is 1.99. The number of alkyl halides is 1. The summed E-state index contributed by atoms with van der Waals surface area (Å²) in [4.78, 5) is 8.19. The van der Waals surface area contributed by atoms with Crippen LogP contribution in [0.1, 0.15) is 11.3 Å². The van der Waals surface area contributed by atoms with E-state index >= 15 is 0 Å². The molecule has 0 radical (unpaired) electrons. The van der Waals surface area contributed by atoms with Gasteiger partial charge in [-0.2, -0.15) is 0 Å². The minimum atomic E-state index is 0.343. The van der Waals surface area contributed by atoms with Crippen molar-refractivity contribution in [3.05, 3.63) is 54.0 Å². The molecule has 0 saturated carbocycles. The number of rotatable bonds is 4. The molecule has 1 aromatic carbocycles. The van der Waals surface area contributed by atoms with E-state index in [1.807, 2.05) is 30.3 Å². The number of ether oxygens (including phenoxy) is 1. The zero-order chi connectivity index (χ0) is 11.2. The van der Waals surface area contributed by atoms with Crippen LogP contribution in [0.4, 0.5) is 0 Å². The first-order valence-electron chi connectivity index (χ1n) is 4.92. The summed E-state index contributed by atoms with van der Waals surface area (Å²) in [5.41, 5.74) is 1.81. The van der Waals surface area contributed by atoms with Crippen molar-refractivity contribution in [2.24, 2.45) is 0 Å². The Morgan fingerprint density at radius 1 is 1.12 bits per heavy atom. The Balaban J connectivity index is 1.99. The molecule has 0 unspecified atom stereocenters. The molecule has 0 N–H and O–H groups in total. The highest BCUT2D eigenvalue weighted by Crippen LogP contribution is 2.09. The van der Waals surface area contributed by atoms with E-state index in [1.165, 1.54) is 0 Å². The van der Waals surface area contributed by atoms with Crippen molar-refractivity contribution in [1.82, 2.24) is 9.97 Å². The lowest BCUT2D eigenvalue weighted by Gasteiger charge is -2.05. The van der Waals surface area contributed by atoms with Crippen LogP contribution in [-0.4, -0.2) is 9.97 Å². The number of halogens is 1. The Kier molecular flexibility index (Phi) is 3.72. The average molecular weight is 235 g/mol. The van der Waals surface area contributed by atoms with Crippen molar-refractivity contribution >= 4 is 11.6 Å². The molecule has 2 aromatic rings. The second kappa shape index (κ2) is 5.47. The van der Waals surface area contributed by atoms with E-state index in [0.717, 1.165) is 5.56 Å². The molecule has 1 aromatic heterocycles. The van der Waals surface area contributed by atoms with E-state index < -0.39 is 0 Å². The number of benzene rings is 1. The molecule has 0 fully saturated rings. The maximum atomic E-state index is 5.66. The van der Waals surface area contributed by atoms with Gasteiger partial charge in [-0.15, -0.1) is 11.6 Å². The highest BCUT2D eigenvalue weighted by molar-refractivity contribution is 6.16. The largest absolute Gasteiger partial charge is 0.472 e. The molecule has 0 amide bonds. The van der Waals surface area contributed by atoms with Crippen LogP contribution in [0.15, 0.2) is 42.7 Å². The molecular weight excluding hydrogens is 224 g/mol. The minimum absolute atomic E-state index is 0.343.